The molecule has 1 rings (SSSR count). The number of hydrogen-bond donors (Lipinski definition) is 2. The monoisotopic (exact) mass is 200 g/mol. The summed E-state index contributed by atoms with van der Waals surface area (Å²) in [7, 11) is 0. The third-order valence-corrected chi connectivity index (χ3v) is 1.25. The second-order valence-electron chi connectivity index (χ2n) is 2.40. The number of hydrogen-bond acceptors (Lipinski definition) is 5. The highest BCUT2D eigenvalue weighted by Gasteiger charge is 1.97. The number of nitrogens with one attached hydrogen (secondary N) is 1. The first-order valence-corrected chi connectivity index (χ1v) is 4.76. The molecule has 0 bridgehead atoms. The van der Waals surface area contributed by atoms with Gasteiger partial charge in [0.25, 0.3) is 0 Å². The maximum absolute atomic E-state index is 8.53. The van der Waals surface area contributed by atoms with Gasteiger partial charge in [-0.2, -0.15) is 9.97 Å². The predicted molar refractivity (Wildman–Crippen MR) is 58.3 cm³/mol. The Morgan fingerprint density at radius 2 is 1.64 bits per heavy atom. The molecule has 1 heterocycles. The molecule has 1 aromatic rings. The van der Waals surface area contributed by atoms with Crippen LogP contribution in [-0.4, -0.2) is 33.2 Å². The third-order valence-electron chi connectivity index (χ3n) is 1.25. The summed E-state index contributed by atoms with van der Waals surface area (Å²) in [6.07, 6.45) is 0. The second-order valence-corrected chi connectivity index (χ2v) is 2.40. The first-order chi connectivity index (χ1) is 6.72. The standard InChI is InChI=1S/C7H12N4O.C2H6.H2/c1-5-9-6(2)11-7(10-5)8-3-4-12;1-2;/h12H,3-4H2,1-2H3,(H,8,9,10,11);1-2H3;1H. The Morgan fingerprint density at radius 1 is 1.14 bits per heavy atom. The van der Waals surface area contributed by atoms with E-state index in [1.807, 2.05) is 13.8 Å². The molecule has 0 aliphatic rings. The normalized spacial score (nSPS) is 8.93. The first kappa shape index (κ1) is 12.8. The van der Waals surface area contributed by atoms with Gasteiger partial charge < -0.3 is 10.4 Å². The van der Waals surface area contributed by atoms with E-state index in [0.29, 0.717) is 24.1 Å². The zero-order valence-corrected chi connectivity index (χ0v) is 9.20. The minimum absolute atomic E-state index is 0. The minimum atomic E-state index is 0. The van der Waals surface area contributed by atoms with E-state index in [0.717, 1.165) is 0 Å². The SMILES string of the molecule is CC.Cc1nc(C)nc(NCCO)n1.[HH]. The van der Waals surface area contributed by atoms with Gasteiger partial charge in [0.15, 0.2) is 0 Å². The average molecular weight is 200 g/mol. The molecule has 0 atom stereocenters. The van der Waals surface area contributed by atoms with Gasteiger partial charge in [-0.25, -0.2) is 4.98 Å². The number of nitrogens with zero attached hydrogens (tertiary/aromatic N) is 3. The van der Waals surface area contributed by atoms with Crippen molar-refractivity contribution in [3.63, 3.8) is 0 Å². The molecule has 14 heavy (non-hydrogen) atoms. The van der Waals surface area contributed by atoms with Crippen LogP contribution in [0.1, 0.15) is 26.9 Å². The highest BCUT2D eigenvalue weighted by atomic mass is 16.3. The smallest absolute Gasteiger partial charge is 0.226 e. The van der Waals surface area contributed by atoms with Crippen LogP contribution >= 0.6 is 0 Å². The Hall–Kier alpha value is -1.23. The number of anilines is 1. The van der Waals surface area contributed by atoms with Crippen molar-refractivity contribution >= 4 is 5.95 Å². The van der Waals surface area contributed by atoms with E-state index < -0.39 is 0 Å². The molecule has 0 amide bonds. The van der Waals surface area contributed by atoms with Gasteiger partial charge in [-0.3, -0.25) is 0 Å². The Labute approximate surface area is 86.1 Å². The summed E-state index contributed by atoms with van der Waals surface area (Å²) in [5, 5.41) is 11.4. The Balaban J connectivity index is 0. The summed E-state index contributed by atoms with van der Waals surface area (Å²) < 4.78 is 0. The number of aliphatic hydroxyl groups is 1. The minimum Gasteiger partial charge on any atom is -0.395 e. The van der Waals surface area contributed by atoms with Crippen molar-refractivity contribution in [1.82, 2.24) is 15.0 Å². The van der Waals surface area contributed by atoms with Crippen molar-refractivity contribution in [3.05, 3.63) is 11.6 Å². The molecule has 0 spiro atoms. The van der Waals surface area contributed by atoms with E-state index in [-0.39, 0.29) is 8.03 Å². The van der Waals surface area contributed by atoms with Crippen LogP contribution in [0, 0.1) is 13.8 Å². The van der Waals surface area contributed by atoms with E-state index in [9.17, 15) is 0 Å². The molecule has 1 aromatic heterocycles. The van der Waals surface area contributed by atoms with E-state index in [2.05, 4.69) is 20.3 Å². The lowest BCUT2D eigenvalue weighted by molar-refractivity contribution is 0.310. The van der Waals surface area contributed by atoms with Crippen molar-refractivity contribution in [2.24, 2.45) is 0 Å². The fraction of sp³-hybridized carbons (Fsp3) is 0.667. The van der Waals surface area contributed by atoms with Crippen LogP contribution in [0.4, 0.5) is 5.95 Å². The molecule has 0 unspecified atom stereocenters. The molecule has 5 nitrogen and oxygen atoms in total. The van der Waals surface area contributed by atoms with E-state index >= 15 is 0 Å². The first-order valence-electron chi connectivity index (χ1n) is 4.76. The molecular weight excluding hydrogens is 180 g/mol. The Kier molecular flexibility index (Phi) is 6.57. The number of rotatable bonds is 3. The second kappa shape index (κ2) is 7.20. The van der Waals surface area contributed by atoms with Crippen LogP contribution in [0.25, 0.3) is 0 Å². The van der Waals surface area contributed by atoms with E-state index in [1.54, 1.807) is 13.8 Å². The van der Waals surface area contributed by atoms with Gasteiger partial charge in [0.2, 0.25) is 5.95 Å². The summed E-state index contributed by atoms with van der Waals surface area (Å²) in [4.78, 5) is 12.1. The molecule has 0 saturated carbocycles. The highest BCUT2D eigenvalue weighted by Crippen LogP contribution is 1.98. The van der Waals surface area contributed by atoms with Gasteiger partial charge in [0.1, 0.15) is 11.6 Å². The van der Waals surface area contributed by atoms with Crippen LogP contribution in [-0.2, 0) is 0 Å². The van der Waals surface area contributed by atoms with Crippen molar-refractivity contribution in [2.45, 2.75) is 27.7 Å². The van der Waals surface area contributed by atoms with E-state index in [4.69, 9.17) is 5.11 Å². The topological polar surface area (TPSA) is 70.9 Å². The van der Waals surface area contributed by atoms with Gasteiger partial charge >= 0.3 is 0 Å². The fourth-order valence-corrected chi connectivity index (χ4v) is 0.862. The molecule has 0 radical (unpaired) electrons. The zero-order chi connectivity index (χ0) is 11.0. The summed E-state index contributed by atoms with van der Waals surface area (Å²) in [5.41, 5.74) is 0. The summed E-state index contributed by atoms with van der Waals surface area (Å²) >= 11 is 0. The molecule has 2 N–H and O–H groups in total. The van der Waals surface area contributed by atoms with Gasteiger partial charge in [-0.1, -0.05) is 13.8 Å². The molecule has 0 aliphatic heterocycles. The fourth-order valence-electron chi connectivity index (χ4n) is 0.862. The van der Waals surface area contributed by atoms with Gasteiger partial charge in [-0.15, -0.1) is 0 Å². The lowest BCUT2D eigenvalue weighted by atomic mass is 10.6. The number of aromatic nitrogens is 3. The maximum Gasteiger partial charge on any atom is 0.226 e. The molecule has 0 aliphatic carbocycles. The van der Waals surface area contributed by atoms with Crippen LogP contribution in [0.5, 0.6) is 0 Å². The third kappa shape index (κ3) is 4.71. The van der Waals surface area contributed by atoms with Gasteiger partial charge in [0, 0.05) is 7.97 Å². The van der Waals surface area contributed by atoms with Gasteiger partial charge in [-0.05, 0) is 13.8 Å². The largest absolute Gasteiger partial charge is 0.395 e. The summed E-state index contributed by atoms with van der Waals surface area (Å²) in [6, 6.07) is 0. The van der Waals surface area contributed by atoms with Crippen molar-refractivity contribution in [3.8, 4) is 0 Å². The predicted octanol–water partition coefficient (Wildman–Crippen LogP) is 1.16. The molecular formula is C9H20N4O. The lowest BCUT2D eigenvalue weighted by Gasteiger charge is -2.02. The van der Waals surface area contributed by atoms with Crippen molar-refractivity contribution in [1.29, 1.82) is 0 Å². The molecule has 0 saturated heterocycles. The molecule has 5 heteroatoms. The van der Waals surface area contributed by atoms with Crippen molar-refractivity contribution < 1.29 is 6.53 Å². The van der Waals surface area contributed by atoms with Crippen LogP contribution in [0.2, 0.25) is 0 Å². The van der Waals surface area contributed by atoms with Crippen LogP contribution in [0.15, 0.2) is 0 Å². The zero-order valence-electron chi connectivity index (χ0n) is 9.20. The maximum atomic E-state index is 8.53. The molecule has 0 fully saturated rings. The lowest BCUT2D eigenvalue weighted by Crippen LogP contribution is -2.10. The Morgan fingerprint density at radius 3 is 2.07 bits per heavy atom. The average Bonchev–Trinajstić information content (AvgIpc) is 2.16. The highest BCUT2D eigenvalue weighted by molar-refractivity contribution is 5.23. The summed E-state index contributed by atoms with van der Waals surface area (Å²) in [5.74, 6) is 1.89. The molecule has 0 aromatic carbocycles. The quantitative estimate of drug-likeness (QED) is 0.766. The molecule has 82 valence electrons. The Bertz CT molecular complexity index is 250. The van der Waals surface area contributed by atoms with Gasteiger partial charge in [0.05, 0.1) is 6.61 Å². The number of aryl methyl sites for hydroxylation is 2. The van der Waals surface area contributed by atoms with Crippen LogP contribution in [0.3, 0.4) is 0 Å². The van der Waals surface area contributed by atoms with Crippen LogP contribution < -0.4 is 5.32 Å². The summed E-state index contributed by atoms with van der Waals surface area (Å²) in [6.45, 7) is 8.14. The number of aliphatic hydroxyl groups excluding tert-OH is 1. The van der Waals surface area contributed by atoms with E-state index in [1.165, 1.54) is 0 Å². The van der Waals surface area contributed by atoms with Crippen molar-refractivity contribution in [2.75, 3.05) is 18.5 Å².